The number of hydrogen-bond acceptors (Lipinski definition) is 9. The van der Waals surface area contributed by atoms with E-state index >= 15 is 0 Å². The Hall–Kier alpha value is -3.24. The average Bonchev–Trinajstić information content (AvgIpc) is 3.27. The minimum atomic E-state index is -0.433. The summed E-state index contributed by atoms with van der Waals surface area (Å²) in [4.78, 5) is 11.0. The molecule has 164 valence electrons. The van der Waals surface area contributed by atoms with Crippen LogP contribution in [0.4, 0.5) is 5.82 Å². The van der Waals surface area contributed by atoms with Crippen molar-refractivity contribution in [3.8, 4) is 11.5 Å². The lowest BCUT2D eigenvalue weighted by Crippen LogP contribution is -2.45. The van der Waals surface area contributed by atoms with Crippen LogP contribution in [0.2, 0.25) is 0 Å². The minimum Gasteiger partial charge on any atom is -0.497 e. The summed E-state index contributed by atoms with van der Waals surface area (Å²) >= 11 is 0. The minimum absolute atomic E-state index is 0.170. The van der Waals surface area contributed by atoms with Crippen molar-refractivity contribution in [1.29, 1.82) is 0 Å². The van der Waals surface area contributed by atoms with E-state index in [0.29, 0.717) is 30.4 Å². The van der Waals surface area contributed by atoms with E-state index in [1.54, 1.807) is 45.0 Å². The van der Waals surface area contributed by atoms with E-state index < -0.39 is 5.79 Å². The summed E-state index contributed by atoms with van der Waals surface area (Å²) in [5, 5.41) is 8.15. The molecule has 2 aliphatic rings. The lowest BCUT2D eigenvalue weighted by atomic mass is 10.0. The second-order valence-electron chi connectivity index (χ2n) is 7.19. The van der Waals surface area contributed by atoms with Gasteiger partial charge in [0, 0.05) is 31.5 Å². The summed E-state index contributed by atoms with van der Waals surface area (Å²) in [7, 11) is 3.19. The van der Waals surface area contributed by atoms with Crippen molar-refractivity contribution < 1.29 is 18.9 Å². The molecule has 2 fully saturated rings. The standard InChI is InChI=1S/C21H26N6O4/c1-28-16-3-4-18(29-2)15(11-16)12-24-26-20(22)17-13-23-14-19(25-17)27-7-5-21(6-8-27)30-9-10-31-21/h3-4,11-14H,5-10H2,1-2H3,(H2,22,26)/b24-12-. The molecule has 0 amide bonds. The van der Waals surface area contributed by atoms with Crippen molar-refractivity contribution >= 4 is 17.9 Å². The molecule has 1 aromatic heterocycles. The SMILES string of the molecule is COc1ccc(OC)c(/C=N\N=C(\N)c2cncc(N3CCC4(CC3)OCCO4)n2)c1. The Morgan fingerprint density at radius 2 is 1.94 bits per heavy atom. The molecule has 0 unspecified atom stereocenters. The molecule has 2 aliphatic heterocycles. The highest BCUT2D eigenvalue weighted by atomic mass is 16.7. The molecule has 0 saturated carbocycles. The first kappa shape index (κ1) is 21.0. The smallest absolute Gasteiger partial charge is 0.173 e. The van der Waals surface area contributed by atoms with Gasteiger partial charge in [-0.3, -0.25) is 4.98 Å². The van der Waals surface area contributed by atoms with Crippen molar-refractivity contribution in [2.24, 2.45) is 15.9 Å². The molecule has 1 aromatic carbocycles. The fourth-order valence-corrected chi connectivity index (χ4v) is 3.64. The van der Waals surface area contributed by atoms with Crippen LogP contribution in [0, 0.1) is 0 Å². The molecular formula is C21H26N6O4. The van der Waals surface area contributed by atoms with Gasteiger partial charge in [-0.25, -0.2) is 4.98 Å². The van der Waals surface area contributed by atoms with E-state index in [9.17, 15) is 0 Å². The fraction of sp³-hybridized carbons (Fsp3) is 0.429. The van der Waals surface area contributed by atoms with Crippen LogP contribution in [0.1, 0.15) is 24.1 Å². The Morgan fingerprint density at radius 3 is 2.65 bits per heavy atom. The van der Waals surface area contributed by atoms with E-state index in [2.05, 4.69) is 25.1 Å². The fourth-order valence-electron chi connectivity index (χ4n) is 3.64. The molecule has 0 radical (unpaired) electrons. The Balaban J connectivity index is 1.45. The quantitative estimate of drug-likeness (QED) is 0.420. The number of nitrogens with two attached hydrogens (primary N) is 1. The van der Waals surface area contributed by atoms with Gasteiger partial charge in [-0.1, -0.05) is 0 Å². The third-order valence-electron chi connectivity index (χ3n) is 5.35. The number of rotatable bonds is 6. The molecule has 10 nitrogen and oxygen atoms in total. The van der Waals surface area contributed by atoms with Crippen LogP contribution in [0.25, 0.3) is 0 Å². The van der Waals surface area contributed by atoms with Gasteiger partial charge in [0.2, 0.25) is 0 Å². The van der Waals surface area contributed by atoms with E-state index in [0.717, 1.165) is 37.3 Å². The molecule has 2 N–H and O–H groups in total. The monoisotopic (exact) mass is 426 g/mol. The molecule has 0 bridgehead atoms. The van der Waals surface area contributed by atoms with Gasteiger partial charge >= 0.3 is 0 Å². The van der Waals surface area contributed by atoms with E-state index in [-0.39, 0.29) is 5.84 Å². The summed E-state index contributed by atoms with van der Waals surface area (Å²) in [5.74, 6) is 1.82. The predicted molar refractivity (Wildman–Crippen MR) is 116 cm³/mol. The Morgan fingerprint density at radius 1 is 1.16 bits per heavy atom. The molecule has 1 spiro atoms. The third kappa shape index (κ3) is 4.75. The predicted octanol–water partition coefficient (Wildman–Crippen LogP) is 1.58. The maximum Gasteiger partial charge on any atom is 0.173 e. The van der Waals surface area contributed by atoms with Crippen LogP contribution in [0.5, 0.6) is 11.5 Å². The van der Waals surface area contributed by atoms with Gasteiger partial charge in [-0.15, -0.1) is 5.10 Å². The number of hydrogen-bond donors (Lipinski definition) is 1. The first-order chi connectivity index (χ1) is 15.1. The number of benzene rings is 1. The van der Waals surface area contributed by atoms with E-state index in [4.69, 9.17) is 24.7 Å². The third-order valence-corrected chi connectivity index (χ3v) is 5.35. The molecule has 0 aliphatic carbocycles. The molecule has 0 atom stereocenters. The van der Waals surface area contributed by atoms with Crippen LogP contribution in [0.15, 0.2) is 40.8 Å². The average molecular weight is 426 g/mol. The maximum atomic E-state index is 6.10. The lowest BCUT2D eigenvalue weighted by Gasteiger charge is -2.38. The highest BCUT2D eigenvalue weighted by Gasteiger charge is 2.40. The number of aromatic nitrogens is 2. The normalized spacial score (nSPS) is 18.6. The van der Waals surface area contributed by atoms with Crippen LogP contribution >= 0.6 is 0 Å². The highest BCUT2D eigenvalue weighted by molar-refractivity contribution is 5.96. The molecule has 3 heterocycles. The lowest BCUT2D eigenvalue weighted by molar-refractivity contribution is -0.169. The number of piperidine rings is 1. The zero-order valence-corrected chi connectivity index (χ0v) is 17.7. The van der Waals surface area contributed by atoms with Gasteiger partial charge in [-0.05, 0) is 18.2 Å². The Bertz CT molecular complexity index is 964. The number of ether oxygens (including phenoxy) is 4. The molecular weight excluding hydrogens is 400 g/mol. The highest BCUT2D eigenvalue weighted by Crippen LogP contribution is 2.32. The van der Waals surface area contributed by atoms with Crippen molar-refractivity contribution in [1.82, 2.24) is 9.97 Å². The molecule has 2 aromatic rings. The van der Waals surface area contributed by atoms with Crippen molar-refractivity contribution in [3.05, 3.63) is 41.9 Å². The first-order valence-corrected chi connectivity index (χ1v) is 10.1. The summed E-state index contributed by atoms with van der Waals surface area (Å²) in [6, 6.07) is 5.41. The number of amidine groups is 1. The zero-order chi connectivity index (χ0) is 21.7. The van der Waals surface area contributed by atoms with Crippen LogP contribution in [-0.2, 0) is 9.47 Å². The molecule has 10 heteroatoms. The van der Waals surface area contributed by atoms with Gasteiger partial charge in [0.15, 0.2) is 11.6 Å². The largest absolute Gasteiger partial charge is 0.497 e. The van der Waals surface area contributed by atoms with Gasteiger partial charge in [0.1, 0.15) is 23.0 Å². The molecule has 4 rings (SSSR count). The summed E-state index contributed by atoms with van der Waals surface area (Å²) in [6.45, 7) is 2.85. The van der Waals surface area contributed by atoms with Gasteiger partial charge in [0.05, 0.1) is 46.0 Å². The summed E-state index contributed by atoms with van der Waals surface area (Å²) < 4.78 is 22.1. The molecule has 31 heavy (non-hydrogen) atoms. The van der Waals surface area contributed by atoms with Gasteiger partial charge in [0.25, 0.3) is 0 Å². The zero-order valence-electron chi connectivity index (χ0n) is 17.7. The number of methoxy groups -OCH3 is 2. The molecule has 2 saturated heterocycles. The van der Waals surface area contributed by atoms with Crippen molar-refractivity contribution in [2.45, 2.75) is 18.6 Å². The number of nitrogens with zero attached hydrogens (tertiary/aromatic N) is 5. The topological polar surface area (TPSA) is 117 Å². The second kappa shape index (κ2) is 9.27. The van der Waals surface area contributed by atoms with Crippen LogP contribution < -0.4 is 20.1 Å². The Labute approximate surface area is 180 Å². The van der Waals surface area contributed by atoms with Crippen molar-refractivity contribution in [3.63, 3.8) is 0 Å². The first-order valence-electron chi connectivity index (χ1n) is 10.1. The van der Waals surface area contributed by atoms with E-state index in [1.165, 1.54) is 0 Å². The number of anilines is 1. The Kier molecular flexibility index (Phi) is 6.28. The van der Waals surface area contributed by atoms with Crippen LogP contribution in [-0.4, -0.2) is 68.3 Å². The van der Waals surface area contributed by atoms with E-state index in [1.807, 2.05) is 6.07 Å². The van der Waals surface area contributed by atoms with Gasteiger partial charge in [-0.2, -0.15) is 5.10 Å². The second-order valence-corrected chi connectivity index (χ2v) is 7.19. The summed E-state index contributed by atoms with van der Waals surface area (Å²) in [5.41, 5.74) is 7.28. The maximum absolute atomic E-state index is 6.10. The van der Waals surface area contributed by atoms with Gasteiger partial charge < -0.3 is 29.6 Å². The van der Waals surface area contributed by atoms with Crippen molar-refractivity contribution in [2.75, 3.05) is 45.4 Å². The summed E-state index contributed by atoms with van der Waals surface area (Å²) in [6.07, 6.45) is 6.41. The van der Waals surface area contributed by atoms with Crippen LogP contribution in [0.3, 0.4) is 0 Å².